The van der Waals surface area contributed by atoms with E-state index in [1.165, 1.54) is 11.1 Å². The second-order valence-electron chi connectivity index (χ2n) is 8.39. The summed E-state index contributed by atoms with van der Waals surface area (Å²) in [4.78, 5) is 12.0. The molecule has 1 heterocycles. The predicted octanol–water partition coefficient (Wildman–Crippen LogP) is 4.59. The Labute approximate surface area is 139 Å². The first-order valence-electron chi connectivity index (χ1n) is 8.98. The van der Waals surface area contributed by atoms with E-state index in [-0.39, 0.29) is 17.4 Å². The molecule has 0 bridgehead atoms. The summed E-state index contributed by atoms with van der Waals surface area (Å²) in [7, 11) is 0. The van der Waals surface area contributed by atoms with Gasteiger partial charge in [0.2, 0.25) is 0 Å². The lowest BCUT2D eigenvalue weighted by molar-refractivity contribution is -0.164. The number of carboxylic acid groups (broad SMARTS) is 1. The van der Waals surface area contributed by atoms with E-state index in [4.69, 9.17) is 4.74 Å². The molecule has 3 nitrogen and oxygen atoms in total. The number of allylic oxidation sites excluding steroid dienone is 1. The van der Waals surface area contributed by atoms with E-state index >= 15 is 0 Å². The van der Waals surface area contributed by atoms with Gasteiger partial charge in [0.1, 0.15) is 0 Å². The molecule has 5 atom stereocenters. The summed E-state index contributed by atoms with van der Waals surface area (Å²) in [6.07, 6.45) is 8.16. The summed E-state index contributed by atoms with van der Waals surface area (Å²) in [5.74, 6) is -0.0120. The number of ether oxygens (including phenoxy) is 1. The molecule has 0 radical (unpaired) electrons. The maximum Gasteiger partial charge on any atom is 0.309 e. The standard InChI is InChI=1S/C20H30O3/c1-13-6-7-17-19(3,9-5-10-20(17,4)18(21)22)15(13)12-16-14(2)8-11-23-16/h8,15-17H,1,5-7,9-12H2,2-4H3,(H,21,22)/t15?,16?,17?,19-,20+/m1/s1. The van der Waals surface area contributed by atoms with Crippen molar-refractivity contribution >= 4 is 5.97 Å². The molecule has 0 aromatic rings. The first-order chi connectivity index (χ1) is 10.8. The molecule has 3 rings (SSSR count). The quantitative estimate of drug-likeness (QED) is 0.774. The summed E-state index contributed by atoms with van der Waals surface area (Å²) in [6.45, 7) is 11.5. The summed E-state index contributed by atoms with van der Waals surface area (Å²) < 4.78 is 5.89. The van der Waals surface area contributed by atoms with Gasteiger partial charge in [-0.1, -0.05) is 31.6 Å². The van der Waals surface area contributed by atoms with Crippen molar-refractivity contribution in [1.82, 2.24) is 0 Å². The summed E-state index contributed by atoms with van der Waals surface area (Å²) >= 11 is 0. The average Bonchev–Trinajstić information content (AvgIpc) is 2.88. The number of fused-ring (bicyclic) bond motifs is 1. The summed E-state index contributed by atoms with van der Waals surface area (Å²) in [6, 6.07) is 0. The number of carboxylic acids is 1. The molecule has 0 spiro atoms. The zero-order chi connectivity index (χ0) is 16.8. The Morgan fingerprint density at radius 2 is 2.17 bits per heavy atom. The van der Waals surface area contributed by atoms with Crippen LogP contribution in [0.15, 0.2) is 23.8 Å². The smallest absolute Gasteiger partial charge is 0.309 e. The minimum atomic E-state index is -0.618. The molecule has 0 amide bonds. The van der Waals surface area contributed by atoms with Crippen LogP contribution in [0.5, 0.6) is 0 Å². The second kappa shape index (κ2) is 5.77. The topological polar surface area (TPSA) is 46.5 Å². The third-order valence-corrected chi connectivity index (χ3v) is 7.17. The van der Waals surface area contributed by atoms with Gasteiger partial charge in [-0.25, -0.2) is 0 Å². The van der Waals surface area contributed by atoms with Crippen LogP contribution >= 0.6 is 0 Å². The lowest BCUT2D eigenvalue weighted by Crippen LogP contribution is -2.53. The molecule has 23 heavy (non-hydrogen) atoms. The van der Waals surface area contributed by atoms with Gasteiger partial charge in [0.15, 0.2) is 0 Å². The zero-order valence-corrected chi connectivity index (χ0v) is 14.7. The van der Waals surface area contributed by atoms with Crippen LogP contribution in [-0.4, -0.2) is 23.8 Å². The molecular formula is C20H30O3. The largest absolute Gasteiger partial charge is 0.481 e. The molecule has 3 aliphatic rings. The molecule has 0 aromatic heterocycles. The van der Waals surface area contributed by atoms with Gasteiger partial charge in [-0.2, -0.15) is 0 Å². The monoisotopic (exact) mass is 318 g/mol. The van der Waals surface area contributed by atoms with Gasteiger partial charge < -0.3 is 9.84 Å². The number of hydrogen-bond donors (Lipinski definition) is 1. The van der Waals surface area contributed by atoms with Crippen molar-refractivity contribution in [1.29, 1.82) is 0 Å². The third kappa shape index (κ3) is 2.57. The predicted molar refractivity (Wildman–Crippen MR) is 91.2 cm³/mol. The van der Waals surface area contributed by atoms with Crippen LogP contribution in [0.25, 0.3) is 0 Å². The summed E-state index contributed by atoms with van der Waals surface area (Å²) in [5.41, 5.74) is 2.07. The van der Waals surface area contributed by atoms with Gasteiger partial charge in [-0.15, -0.1) is 0 Å². The Morgan fingerprint density at radius 1 is 1.43 bits per heavy atom. The molecule has 3 heteroatoms. The maximum atomic E-state index is 12.0. The lowest BCUT2D eigenvalue weighted by atomic mass is 9.46. The number of rotatable bonds is 3. The molecule has 2 saturated carbocycles. The van der Waals surface area contributed by atoms with Crippen molar-refractivity contribution in [2.75, 3.05) is 6.61 Å². The normalized spacial score (nSPS) is 43.9. The molecular weight excluding hydrogens is 288 g/mol. The summed E-state index contributed by atoms with van der Waals surface area (Å²) in [5, 5.41) is 9.87. The molecule has 1 N–H and O–H groups in total. The minimum Gasteiger partial charge on any atom is -0.481 e. The van der Waals surface area contributed by atoms with Crippen LogP contribution in [-0.2, 0) is 9.53 Å². The SMILES string of the molecule is C=C1CCC2[C@](C)(CCC[C@]2(C)C(=O)O)C1CC1OCC=C1C. The van der Waals surface area contributed by atoms with Crippen molar-refractivity contribution in [3.8, 4) is 0 Å². The van der Waals surface area contributed by atoms with Gasteiger partial charge in [0.05, 0.1) is 18.1 Å². The Bertz CT molecular complexity index is 549. The van der Waals surface area contributed by atoms with Crippen LogP contribution in [0.3, 0.4) is 0 Å². The van der Waals surface area contributed by atoms with Crippen LogP contribution < -0.4 is 0 Å². The van der Waals surface area contributed by atoms with Crippen molar-refractivity contribution in [2.24, 2.45) is 22.7 Å². The van der Waals surface area contributed by atoms with Crippen LogP contribution in [0.2, 0.25) is 0 Å². The van der Waals surface area contributed by atoms with E-state index < -0.39 is 11.4 Å². The van der Waals surface area contributed by atoms with Crippen molar-refractivity contribution in [3.63, 3.8) is 0 Å². The lowest BCUT2D eigenvalue weighted by Gasteiger charge is -2.57. The highest BCUT2D eigenvalue weighted by Gasteiger charge is 2.57. The van der Waals surface area contributed by atoms with Crippen LogP contribution in [0, 0.1) is 22.7 Å². The minimum absolute atomic E-state index is 0.0347. The highest BCUT2D eigenvalue weighted by Crippen LogP contribution is 2.62. The number of aliphatic carboxylic acids is 1. The molecule has 3 unspecified atom stereocenters. The second-order valence-corrected chi connectivity index (χ2v) is 8.39. The Kier molecular flexibility index (Phi) is 4.20. The van der Waals surface area contributed by atoms with E-state index in [9.17, 15) is 9.90 Å². The van der Waals surface area contributed by atoms with Gasteiger partial charge in [-0.05, 0) is 68.8 Å². The fourth-order valence-corrected chi connectivity index (χ4v) is 5.67. The highest BCUT2D eigenvalue weighted by atomic mass is 16.5. The Balaban J connectivity index is 1.91. The molecule has 0 saturated heterocycles. The first-order valence-corrected chi connectivity index (χ1v) is 8.98. The van der Waals surface area contributed by atoms with Gasteiger partial charge in [-0.3, -0.25) is 4.79 Å². The molecule has 2 aliphatic carbocycles. The van der Waals surface area contributed by atoms with E-state index in [0.29, 0.717) is 12.5 Å². The molecule has 1 aliphatic heterocycles. The van der Waals surface area contributed by atoms with Gasteiger partial charge >= 0.3 is 5.97 Å². The van der Waals surface area contributed by atoms with Crippen LogP contribution in [0.4, 0.5) is 0 Å². The van der Waals surface area contributed by atoms with Crippen molar-refractivity contribution in [3.05, 3.63) is 23.8 Å². The number of carbonyl (C=O) groups is 1. The van der Waals surface area contributed by atoms with Crippen LogP contribution in [0.1, 0.15) is 59.3 Å². The fourth-order valence-electron chi connectivity index (χ4n) is 5.67. The fraction of sp³-hybridized carbons (Fsp3) is 0.750. The van der Waals surface area contributed by atoms with Gasteiger partial charge in [0, 0.05) is 0 Å². The third-order valence-electron chi connectivity index (χ3n) is 7.17. The Morgan fingerprint density at radius 3 is 2.78 bits per heavy atom. The Hall–Kier alpha value is -1.09. The average molecular weight is 318 g/mol. The highest BCUT2D eigenvalue weighted by molar-refractivity contribution is 5.75. The van der Waals surface area contributed by atoms with Crippen molar-refractivity contribution in [2.45, 2.75) is 65.4 Å². The van der Waals surface area contributed by atoms with E-state index in [0.717, 1.165) is 38.5 Å². The zero-order valence-electron chi connectivity index (χ0n) is 14.7. The van der Waals surface area contributed by atoms with E-state index in [1.54, 1.807) is 0 Å². The van der Waals surface area contributed by atoms with Crippen molar-refractivity contribution < 1.29 is 14.6 Å². The molecule has 128 valence electrons. The van der Waals surface area contributed by atoms with E-state index in [2.05, 4.69) is 26.5 Å². The van der Waals surface area contributed by atoms with Gasteiger partial charge in [0.25, 0.3) is 0 Å². The van der Waals surface area contributed by atoms with E-state index in [1.807, 2.05) is 6.92 Å². The number of hydrogen-bond acceptors (Lipinski definition) is 2. The molecule has 0 aromatic carbocycles. The maximum absolute atomic E-state index is 12.0. The first kappa shape index (κ1) is 16.8. The molecule has 2 fully saturated rings.